The van der Waals surface area contributed by atoms with Crippen molar-refractivity contribution in [3.05, 3.63) is 52.0 Å². The normalized spacial score (nSPS) is 10.3. The number of ketones is 1. The molecular formula is C16H16FNO3S. The summed E-state index contributed by atoms with van der Waals surface area (Å²) in [5.41, 5.74) is 0. The molecule has 1 N–H and O–H groups in total. The van der Waals surface area contributed by atoms with Crippen molar-refractivity contribution in [3.8, 4) is 5.75 Å². The summed E-state index contributed by atoms with van der Waals surface area (Å²) in [6.45, 7) is 1.89. The number of rotatable bonds is 7. The zero-order valence-electron chi connectivity index (χ0n) is 12.1. The van der Waals surface area contributed by atoms with Gasteiger partial charge < -0.3 is 10.1 Å². The Morgan fingerprint density at radius 1 is 1.18 bits per heavy atom. The number of benzene rings is 1. The van der Waals surface area contributed by atoms with Crippen molar-refractivity contribution < 1.29 is 18.7 Å². The van der Waals surface area contributed by atoms with E-state index in [1.807, 2.05) is 6.07 Å². The summed E-state index contributed by atoms with van der Waals surface area (Å²) >= 11 is 1.44. The third-order valence-electron chi connectivity index (χ3n) is 2.89. The highest BCUT2D eigenvalue weighted by molar-refractivity contribution is 7.14. The average molecular weight is 321 g/mol. The quantitative estimate of drug-likeness (QED) is 0.798. The molecule has 0 bridgehead atoms. The van der Waals surface area contributed by atoms with Gasteiger partial charge in [0.25, 0.3) is 5.91 Å². The van der Waals surface area contributed by atoms with E-state index >= 15 is 0 Å². The first-order valence-electron chi connectivity index (χ1n) is 6.79. The van der Waals surface area contributed by atoms with E-state index in [0.29, 0.717) is 18.7 Å². The predicted molar refractivity (Wildman–Crippen MR) is 82.9 cm³/mol. The number of carbonyl (C=O) groups excluding carboxylic acids is 2. The lowest BCUT2D eigenvalue weighted by Gasteiger charge is -2.07. The molecule has 6 heteroatoms. The first-order chi connectivity index (χ1) is 10.5. The second-order valence-electron chi connectivity index (χ2n) is 4.66. The SMILES string of the molecule is CC(=O)c1ccc(CCNC(=O)COc2ccc(F)cc2)s1. The van der Waals surface area contributed by atoms with E-state index in [-0.39, 0.29) is 24.1 Å². The molecule has 0 aliphatic heterocycles. The number of nitrogens with one attached hydrogen (secondary N) is 1. The number of amides is 1. The molecule has 2 rings (SSSR count). The van der Waals surface area contributed by atoms with E-state index in [9.17, 15) is 14.0 Å². The van der Waals surface area contributed by atoms with Crippen LogP contribution in [-0.2, 0) is 11.2 Å². The number of hydrogen-bond donors (Lipinski definition) is 1. The van der Waals surface area contributed by atoms with Gasteiger partial charge in [-0.15, -0.1) is 11.3 Å². The van der Waals surface area contributed by atoms with Crippen LogP contribution in [0.2, 0.25) is 0 Å². The minimum Gasteiger partial charge on any atom is -0.484 e. The highest BCUT2D eigenvalue weighted by Crippen LogP contribution is 2.17. The smallest absolute Gasteiger partial charge is 0.257 e. The maximum Gasteiger partial charge on any atom is 0.257 e. The fourth-order valence-electron chi connectivity index (χ4n) is 1.76. The summed E-state index contributed by atoms with van der Waals surface area (Å²) in [4.78, 5) is 24.6. The lowest BCUT2D eigenvalue weighted by molar-refractivity contribution is -0.123. The van der Waals surface area contributed by atoms with Gasteiger partial charge in [0, 0.05) is 11.4 Å². The molecule has 116 valence electrons. The van der Waals surface area contributed by atoms with Gasteiger partial charge in [-0.1, -0.05) is 0 Å². The summed E-state index contributed by atoms with van der Waals surface area (Å²) in [5, 5.41) is 2.73. The van der Waals surface area contributed by atoms with E-state index in [2.05, 4.69) is 5.32 Å². The Labute approximate surface area is 131 Å². The van der Waals surface area contributed by atoms with Crippen LogP contribution in [0, 0.1) is 5.82 Å². The second kappa shape index (κ2) is 7.70. The Hall–Kier alpha value is -2.21. The summed E-state index contributed by atoms with van der Waals surface area (Å²) < 4.78 is 18.0. The van der Waals surface area contributed by atoms with Crippen molar-refractivity contribution in [3.63, 3.8) is 0 Å². The molecule has 4 nitrogen and oxygen atoms in total. The van der Waals surface area contributed by atoms with Crippen LogP contribution >= 0.6 is 11.3 Å². The zero-order valence-corrected chi connectivity index (χ0v) is 12.9. The van der Waals surface area contributed by atoms with Gasteiger partial charge in [-0.2, -0.15) is 0 Å². The molecule has 0 saturated heterocycles. The van der Waals surface area contributed by atoms with Crippen LogP contribution in [0.3, 0.4) is 0 Å². The summed E-state index contributed by atoms with van der Waals surface area (Å²) in [6, 6.07) is 9.17. The van der Waals surface area contributed by atoms with E-state index in [1.165, 1.54) is 42.5 Å². The van der Waals surface area contributed by atoms with Crippen LogP contribution in [-0.4, -0.2) is 24.8 Å². The number of carbonyl (C=O) groups is 2. The molecule has 0 spiro atoms. The van der Waals surface area contributed by atoms with Gasteiger partial charge in [-0.25, -0.2) is 4.39 Å². The number of hydrogen-bond acceptors (Lipinski definition) is 4. The van der Waals surface area contributed by atoms with Gasteiger partial charge in [-0.3, -0.25) is 9.59 Å². The highest BCUT2D eigenvalue weighted by atomic mass is 32.1. The lowest BCUT2D eigenvalue weighted by Crippen LogP contribution is -2.30. The highest BCUT2D eigenvalue weighted by Gasteiger charge is 2.06. The molecule has 1 aromatic carbocycles. The fraction of sp³-hybridized carbons (Fsp3) is 0.250. The molecule has 0 unspecified atom stereocenters. The number of halogens is 1. The van der Waals surface area contributed by atoms with Crippen molar-refractivity contribution in [2.24, 2.45) is 0 Å². The Morgan fingerprint density at radius 3 is 2.55 bits per heavy atom. The first-order valence-corrected chi connectivity index (χ1v) is 7.61. The van der Waals surface area contributed by atoms with Crippen molar-refractivity contribution >= 4 is 23.0 Å². The molecule has 0 saturated carbocycles. The Kier molecular flexibility index (Phi) is 5.66. The molecule has 1 amide bonds. The first kappa shape index (κ1) is 16.2. The standard InChI is InChI=1S/C16H16FNO3S/c1-11(19)15-7-6-14(22-15)8-9-18-16(20)10-21-13-4-2-12(17)3-5-13/h2-7H,8-10H2,1H3,(H,18,20). The van der Waals surface area contributed by atoms with Crippen molar-refractivity contribution in [1.82, 2.24) is 5.32 Å². The Bertz CT molecular complexity index is 652. The molecule has 0 aliphatic rings. The third-order valence-corrected chi connectivity index (χ3v) is 4.13. The monoisotopic (exact) mass is 321 g/mol. The summed E-state index contributed by atoms with van der Waals surface area (Å²) in [6.07, 6.45) is 0.667. The Morgan fingerprint density at radius 2 is 1.91 bits per heavy atom. The molecule has 0 aliphatic carbocycles. The molecule has 0 fully saturated rings. The van der Waals surface area contributed by atoms with E-state index in [0.717, 1.165) is 9.75 Å². The second-order valence-corrected chi connectivity index (χ2v) is 5.83. The van der Waals surface area contributed by atoms with Crippen LogP contribution in [0.25, 0.3) is 0 Å². The molecule has 1 heterocycles. The van der Waals surface area contributed by atoms with Gasteiger partial charge >= 0.3 is 0 Å². The zero-order chi connectivity index (χ0) is 15.9. The van der Waals surface area contributed by atoms with Crippen LogP contribution in [0.4, 0.5) is 4.39 Å². The average Bonchev–Trinajstić information content (AvgIpc) is 2.96. The molecule has 0 atom stereocenters. The maximum atomic E-state index is 12.7. The summed E-state index contributed by atoms with van der Waals surface area (Å²) in [7, 11) is 0. The number of Topliss-reactive ketones (excluding diaryl/α,β-unsaturated/α-hetero) is 1. The van der Waals surface area contributed by atoms with Crippen LogP contribution in [0.15, 0.2) is 36.4 Å². The van der Waals surface area contributed by atoms with Crippen molar-refractivity contribution in [2.75, 3.05) is 13.2 Å². The minimum absolute atomic E-state index is 0.0491. The molecule has 2 aromatic rings. The fourth-order valence-corrected chi connectivity index (χ4v) is 2.66. The number of thiophene rings is 1. The minimum atomic E-state index is -0.349. The van der Waals surface area contributed by atoms with Gasteiger partial charge in [0.15, 0.2) is 12.4 Å². The van der Waals surface area contributed by atoms with Gasteiger partial charge in [0.1, 0.15) is 11.6 Å². The molecular weight excluding hydrogens is 305 g/mol. The van der Waals surface area contributed by atoms with Crippen molar-refractivity contribution in [1.29, 1.82) is 0 Å². The van der Waals surface area contributed by atoms with E-state index < -0.39 is 0 Å². The van der Waals surface area contributed by atoms with Crippen molar-refractivity contribution in [2.45, 2.75) is 13.3 Å². The predicted octanol–water partition coefficient (Wildman–Crippen LogP) is 2.83. The van der Waals surface area contributed by atoms with Gasteiger partial charge in [-0.05, 0) is 49.7 Å². The van der Waals surface area contributed by atoms with Crippen LogP contribution < -0.4 is 10.1 Å². The molecule has 0 radical (unpaired) electrons. The maximum absolute atomic E-state index is 12.7. The lowest BCUT2D eigenvalue weighted by atomic mass is 10.3. The molecule has 1 aromatic heterocycles. The molecule has 22 heavy (non-hydrogen) atoms. The number of ether oxygens (including phenoxy) is 1. The van der Waals surface area contributed by atoms with Crippen LogP contribution in [0.5, 0.6) is 5.75 Å². The van der Waals surface area contributed by atoms with E-state index in [4.69, 9.17) is 4.74 Å². The Balaban J connectivity index is 1.69. The van der Waals surface area contributed by atoms with Crippen LogP contribution in [0.1, 0.15) is 21.5 Å². The third kappa shape index (κ3) is 4.96. The largest absolute Gasteiger partial charge is 0.484 e. The summed E-state index contributed by atoms with van der Waals surface area (Å²) in [5.74, 6) is -0.0979. The van der Waals surface area contributed by atoms with E-state index in [1.54, 1.807) is 6.07 Å². The van der Waals surface area contributed by atoms with Gasteiger partial charge in [0.05, 0.1) is 4.88 Å². The topological polar surface area (TPSA) is 55.4 Å². The van der Waals surface area contributed by atoms with Gasteiger partial charge in [0.2, 0.25) is 0 Å².